The second-order valence-corrected chi connectivity index (χ2v) is 3.70. The zero-order valence-electron chi connectivity index (χ0n) is 10.3. The van der Waals surface area contributed by atoms with Gasteiger partial charge in [-0.1, -0.05) is 12.1 Å². The molecule has 1 aromatic heterocycles. The van der Waals surface area contributed by atoms with Gasteiger partial charge < -0.3 is 10.6 Å². The van der Waals surface area contributed by atoms with Crippen molar-refractivity contribution in [1.82, 2.24) is 9.97 Å². The summed E-state index contributed by atoms with van der Waals surface area (Å²) < 4.78 is 13.6. The summed E-state index contributed by atoms with van der Waals surface area (Å²) in [5.41, 5.74) is 0.926. The van der Waals surface area contributed by atoms with Crippen LogP contribution in [0.4, 0.5) is 21.8 Å². The number of benzene rings is 1. The molecule has 0 spiro atoms. The summed E-state index contributed by atoms with van der Waals surface area (Å²) in [7, 11) is 0. The Balaban J connectivity index is 2.32. The van der Waals surface area contributed by atoms with Gasteiger partial charge in [-0.05, 0) is 19.1 Å². The molecule has 0 atom stereocenters. The fourth-order valence-electron chi connectivity index (χ4n) is 1.52. The molecule has 2 N–H and O–H groups in total. The quantitative estimate of drug-likeness (QED) is 0.880. The third-order valence-corrected chi connectivity index (χ3v) is 2.38. The van der Waals surface area contributed by atoms with Crippen molar-refractivity contribution in [3.8, 4) is 6.07 Å². The fraction of sp³-hybridized carbons (Fsp3) is 0.154. The van der Waals surface area contributed by atoms with Crippen LogP contribution in [0.3, 0.4) is 0 Å². The van der Waals surface area contributed by atoms with Gasteiger partial charge in [0.2, 0.25) is 5.95 Å². The van der Waals surface area contributed by atoms with Gasteiger partial charge in [0, 0.05) is 6.54 Å². The number of rotatable bonds is 4. The Morgan fingerprint density at radius 3 is 2.89 bits per heavy atom. The number of halogens is 1. The van der Waals surface area contributed by atoms with Gasteiger partial charge in [-0.2, -0.15) is 10.2 Å². The van der Waals surface area contributed by atoms with Crippen LogP contribution in [-0.2, 0) is 0 Å². The van der Waals surface area contributed by atoms with Gasteiger partial charge in [0.05, 0.1) is 17.4 Å². The minimum Gasteiger partial charge on any atom is -0.354 e. The number of para-hydroxylation sites is 1. The SMILES string of the molecule is CCNc1ncc(F)c(Nc2ccccc2C#N)n1. The predicted octanol–water partition coefficient (Wildman–Crippen LogP) is 2.66. The molecular weight excluding hydrogens is 245 g/mol. The van der Waals surface area contributed by atoms with E-state index in [1.165, 1.54) is 0 Å². The first-order chi connectivity index (χ1) is 9.24. The molecule has 0 aliphatic heterocycles. The molecule has 1 aromatic carbocycles. The molecule has 5 nitrogen and oxygen atoms in total. The first-order valence-corrected chi connectivity index (χ1v) is 5.77. The van der Waals surface area contributed by atoms with E-state index in [0.29, 0.717) is 23.7 Å². The largest absolute Gasteiger partial charge is 0.354 e. The Labute approximate surface area is 110 Å². The predicted molar refractivity (Wildman–Crippen MR) is 70.6 cm³/mol. The third kappa shape index (κ3) is 2.96. The molecular formula is C13H12FN5. The average Bonchev–Trinajstić information content (AvgIpc) is 2.43. The van der Waals surface area contributed by atoms with Gasteiger partial charge >= 0.3 is 0 Å². The minimum absolute atomic E-state index is 0.0358. The zero-order chi connectivity index (χ0) is 13.7. The van der Waals surface area contributed by atoms with E-state index in [0.717, 1.165) is 6.20 Å². The van der Waals surface area contributed by atoms with Crippen molar-refractivity contribution < 1.29 is 4.39 Å². The van der Waals surface area contributed by atoms with Crippen LogP contribution in [-0.4, -0.2) is 16.5 Å². The summed E-state index contributed by atoms with van der Waals surface area (Å²) in [5.74, 6) is -0.205. The van der Waals surface area contributed by atoms with Crippen molar-refractivity contribution in [2.75, 3.05) is 17.2 Å². The summed E-state index contributed by atoms with van der Waals surface area (Å²) >= 11 is 0. The topological polar surface area (TPSA) is 73.6 Å². The molecule has 19 heavy (non-hydrogen) atoms. The number of anilines is 3. The molecule has 0 fully saturated rings. The molecule has 0 bridgehead atoms. The molecule has 0 unspecified atom stereocenters. The molecule has 0 aliphatic rings. The highest BCUT2D eigenvalue weighted by atomic mass is 19.1. The Morgan fingerprint density at radius 1 is 1.37 bits per heavy atom. The van der Waals surface area contributed by atoms with Gasteiger partial charge in [0.1, 0.15) is 6.07 Å². The van der Waals surface area contributed by atoms with E-state index in [1.54, 1.807) is 24.3 Å². The van der Waals surface area contributed by atoms with E-state index >= 15 is 0 Å². The third-order valence-electron chi connectivity index (χ3n) is 2.38. The molecule has 0 amide bonds. The van der Waals surface area contributed by atoms with Crippen LogP contribution in [0.2, 0.25) is 0 Å². The molecule has 96 valence electrons. The summed E-state index contributed by atoms with van der Waals surface area (Å²) in [6.07, 6.45) is 1.09. The van der Waals surface area contributed by atoms with Crippen LogP contribution in [0.1, 0.15) is 12.5 Å². The summed E-state index contributed by atoms with van der Waals surface area (Å²) in [6.45, 7) is 2.53. The highest BCUT2D eigenvalue weighted by Crippen LogP contribution is 2.21. The first kappa shape index (κ1) is 12.8. The van der Waals surface area contributed by atoms with Gasteiger partial charge in [-0.3, -0.25) is 0 Å². The van der Waals surface area contributed by atoms with Gasteiger partial charge in [-0.15, -0.1) is 0 Å². The minimum atomic E-state index is -0.575. The lowest BCUT2D eigenvalue weighted by Crippen LogP contribution is -2.06. The lowest BCUT2D eigenvalue weighted by Gasteiger charge is -2.09. The molecule has 0 aliphatic carbocycles. The van der Waals surface area contributed by atoms with Crippen LogP contribution in [0.25, 0.3) is 0 Å². The van der Waals surface area contributed by atoms with E-state index in [9.17, 15) is 4.39 Å². The molecule has 0 saturated heterocycles. The van der Waals surface area contributed by atoms with Gasteiger partial charge in [0.15, 0.2) is 11.6 Å². The number of nitriles is 1. The summed E-state index contributed by atoms with van der Waals surface area (Å²) in [4.78, 5) is 7.83. The van der Waals surface area contributed by atoms with Crippen molar-refractivity contribution in [3.05, 3.63) is 41.8 Å². The summed E-state index contributed by atoms with van der Waals surface area (Å²) in [6, 6.07) is 8.86. The monoisotopic (exact) mass is 257 g/mol. The van der Waals surface area contributed by atoms with Crippen LogP contribution in [0, 0.1) is 17.1 Å². The second-order valence-electron chi connectivity index (χ2n) is 3.70. The maximum absolute atomic E-state index is 13.6. The Kier molecular flexibility index (Phi) is 3.88. The highest BCUT2D eigenvalue weighted by Gasteiger charge is 2.09. The maximum Gasteiger partial charge on any atom is 0.224 e. The summed E-state index contributed by atoms with van der Waals surface area (Å²) in [5, 5.41) is 14.7. The zero-order valence-corrected chi connectivity index (χ0v) is 10.3. The lowest BCUT2D eigenvalue weighted by molar-refractivity contribution is 0.619. The van der Waals surface area contributed by atoms with Crippen LogP contribution in [0.5, 0.6) is 0 Å². The van der Waals surface area contributed by atoms with Crippen molar-refractivity contribution in [2.45, 2.75) is 6.92 Å². The van der Waals surface area contributed by atoms with Gasteiger partial charge in [0.25, 0.3) is 0 Å². The Morgan fingerprint density at radius 2 is 2.16 bits per heavy atom. The second kappa shape index (κ2) is 5.78. The van der Waals surface area contributed by atoms with Crippen LogP contribution >= 0.6 is 0 Å². The fourth-order valence-corrected chi connectivity index (χ4v) is 1.52. The smallest absolute Gasteiger partial charge is 0.224 e. The average molecular weight is 257 g/mol. The van der Waals surface area contributed by atoms with Crippen molar-refractivity contribution in [3.63, 3.8) is 0 Å². The Bertz CT molecular complexity index is 621. The van der Waals surface area contributed by atoms with Crippen molar-refractivity contribution in [1.29, 1.82) is 5.26 Å². The standard InChI is InChI=1S/C13H12FN5/c1-2-16-13-17-8-10(14)12(19-13)18-11-6-4-3-5-9(11)7-15/h3-6,8H,2H2,1H3,(H2,16,17,18,19). The van der Waals surface area contributed by atoms with E-state index in [4.69, 9.17) is 5.26 Å². The normalized spacial score (nSPS) is 9.74. The molecule has 2 rings (SSSR count). The molecule has 1 heterocycles. The van der Waals surface area contributed by atoms with Crippen molar-refractivity contribution in [2.24, 2.45) is 0 Å². The number of aromatic nitrogens is 2. The Hall–Kier alpha value is -2.68. The number of nitrogens with zero attached hydrogens (tertiary/aromatic N) is 3. The van der Waals surface area contributed by atoms with Crippen LogP contribution in [0.15, 0.2) is 30.5 Å². The number of hydrogen-bond acceptors (Lipinski definition) is 5. The molecule has 0 saturated carbocycles. The van der Waals surface area contributed by atoms with Crippen LogP contribution < -0.4 is 10.6 Å². The van der Waals surface area contributed by atoms with E-state index < -0.39 is 5.82 Å². The van der Waals surface area contributed by atoms with E-state index in [2.05, 4.69) is 20.6 Å². The first-order valence-electron chi connectivity index (χ1n) is 5.77. The van der Waals surface area contributed by atoms with Gasteiger partial charge in [-0.25, -0.2) is 9.37 Å². The number of nitrogens with one attached hydrogen (secondary N) is 2. The molecule has 2 aromatic rings. The number of hydrogen-bond donors (Lipinski definition) is 2. The molecule has 0 radical (unpaired) electrons. The highest BCUT2D eigenvalue weighted by molar-refractivity contribution is 5.64. The van der Waals surface area contributed by atoms with E-state index in [1.807, 2.05) is 13.0 Å². The van der Waals surface area contributed by atoms with E-state index in [-0.39, 0.29) is 5.82 Å². The lowest BCUT2D eigenvalue weighted by atomic mass is 10.2. The molecule has 6 heteroatoms. The maximum atomic E-state index is 13.6. The van der Waals surface area contributed by atoms with Crippen molar-refractivity contribution >= 4 is 17.5 Å².